The Morgan fingerprint density at radius 1 is 0.846 bits per heavy atom. The third-order valence-corrected chi connectivity index (χ3v) is 4.37. The van der Waals surface area contributed by atoms with Crippen molar-refractivity contribution < 1.29 is 0 Å². The van der Waals surface area contributed by atoms with Gasteiger partial charge in [-0.05, 0) is 30.3 Å². The summed E-state index contributed by atoms with van der Waals surface area (Å²) >= 11 is 0. The van der Waals surface area contributed by atoms with Crippen molar-refractivity contribution in [3.63, 3.8) is 0 Å². The molecule has 4 aromatic rings. The number of anilines is 3. The van der Waals surface area contributed by atoms with E-state index in [0.717, 1.165) is 22.4 Å². The third kappa shape index (κ3) is 2.18. The molecule has 7 heteroatoms. The largest absolute Gasteiger partial charge is 0.383 e. The summed E-state index contributed by atoms with van der Waals surface area (Å²) in [6.45, 7) is 0. The molecule has 0 saturated carbocycles. The third-order valence-electron chi connectivity index (χ3n) is 4.37. The molecule has 26 heavy (non-hydrogen) atoms. The van der Waals surface area contributed by atoms with Crippen molar-refractivity contribution in [3.8, 4) is 11.4 Å². The lowest BCUT2D eigenvalue weighted by atomic mass is 10.1. The van der Waals surface area contributed by atoms with E-state index in [0.29, 0.717) is 34.4 Å². The van der Waals surface area contributed by atoms with E-state index in [1.54, 1.807) is 0 Å². The van der Waals surface area contributed by atoms with E-state index in [2.05, 4.69) is 25.3 Å². The highest BCUT2D eigenvalue weighted by Crippen LogP contribution is 2.35. The van der Waals surface area contributed by atoms with Crippen LogP contribution in [0.25, 0.3) is 22.4 Å². The number of nitrogens with zero attached hydrogens (tertiary/aromatic N) is 3. The molecule has 1 aliphatic heterocycles. The molecule has 0 aliphatic carbocycles. The first-order chi connectivity index (χ1) is 12.7. The number of aromatic amines is 1. The van der Waals surface area contributed by atoms with E-state index in [1.165, 1.54) is 0 Å². The summed E-state index contributed by atoms with van der Waals surface area (Å²) in [5.41, 5.74) is 17.2. The predicted octanol–water partition coefficient (Wildman–Crippen LogP) is 3.30. The molecule has 3 heterocycles. The van der Waals surface area contributed by atoms with Crippen LogP contribution in [-0.2, 0) is 0 Å². The first-order valence-corrected chi connectivity index (χ1v) is 8.15. The molecule has 2 aromatic carbocycles. The van der Waals surface area contributed by atoms with Crippen molar-refractivity contribution in [1.82, 2.24) is 15.0 Å². The standard InChI is InChI=1S/C19H15N7/c20-16-10-9-11(18-23-14-7-3-4-8-15(14)24-18)17(21)26-19(10)25-13-6-2-1-5-12(13)22-16/h1-9H,(H2,20,22)(H,23,24)(H3,21,25,26). The summed E-state index contributed by atoms with van der Waals surface area (Å²) in [4.78, 5) is 16.9. The highest BCUT2D eigenvalue weighted by Gasteiger charge is 2.20. The van der Waals surface area contributed by atoms with Gasteiger partial charge in [-0.1, -0.05) is 24.3 Å². The Morgan fingerprint density at radius 2 is 1.65 bits per heavy atom. The molecule has 0 spiro atoms. The monoisotopic (exact) mass is 341 g/mol. The summed E-state index contributed by atoms with van der Waals surface area (Å²) in [6.07, 6.45) is 0. The number of aliphatic imine (C=N–C) groups is 1. The first-order valence-electron chi connectivity index (χ1n) is 8.15. The number of benzene rings is 2. The van der Waals surface area contributed by atoms with Crippen molar-refractivity contribution in [2.24, 2.45) is 10.7 Å². The van der Waals surface area contributed by atoms with Gasteiger partial charge in [0.05, 0.1) is 33.5 Å². The number of amidine groups is 1. The van der Waals surface area contributed by atoms with Crippen LogP contribution in [0.2, 0.25) is 0 Å². The van der Waals surface area contributed by atoms with Gasteiger partial charge in [-0.2, -0.15) is 0 Å². The van der Waals surface area contributed by atoms with Gasteiger partial charge in [0, 0.05) is 0 Å². The molecule has 0 bridgehead atoms. The summed E-state index contributed by atoms with van der Waals surface area (Å²) in [6, 6.07) is 17.3. The number of imidazole rings is 1. The van der Waals surface area contributed by atoms with Gasteiger partial charge in [-0.3, -0.25) is 0 Å². The van der Waals surface area contributed by atoms with Crippen LogP contribution in [0.5, 0.6) is 0 Å². The van der Waals surface area contributed by atoms with Crippen LogP contribution < -0.4 is 16.8 Å². The number of hydrogen-bond donors (Lipinski definition) is 4. The van der Waals surface area contributed by atoms with E-state index in [9.17, 15) is 0 Å². The van der Waals surface area contributed by atoms with Crippen LogP contribution in [-0.4, -0.2) is 20.8 Å². The Bertz CT molecular complexity index is 1160. The first kappa shape index (κ1) is 14.5. The molecule has 126 valence electrons. The van der Waals surface area contributed by atoms with Crippen molar-refractivity contribution >= 4 is 39.9 Å². The number of fused-ring (bicyclic) bond motifs is 3. The van der Waals surface area contributed by atoms with Gasteiger partial charge >= 0.3 is 0 Å². The Kier molecular flexibility index (Phi) is 2.96. The molecule has 0 unspecified atom stereocenters. The maximum Gasteiger partial charge on any atom is 0.143 e. The zero-order valence-electron chi connectivity index (χ0n) is 13.7. The minimum Gasteiger partial charge on any atom is -0.383 e. The molecule has 7 nitrogen and oxygen atoms in total. The van der Waals surface area contributed by atoms with Crippen LogP contribution in [0.3, 0.4) is 0 Å². The predicted molar refractivity (Wildman–Crippen MR) is 104 cm³/mol. The average Bonchev–Trinajstić information content (AvgIpc) is 3.01. The summed E-state index contributed by atoms with van der Waals surface area (Å²) in [5.74, 6) is 1.96. The van der Waals surface area contributed by atoms with Crippen molar-refractivity contribution in [2.75, 3.05) is 11.1 Å². The molecule has 2 aromatic heterocycles. The zero-order valence-corrected chi connectivity index (χ0v) is 13.7. The van der Waals surface area contributed by atoms with Crippen molar-refractivity contribution in [3.05, 3.63) is 60.2 Å². The molecule has 0 radical (unpaired) electrons. The number of aromatic nitrogens is 3. The van der Waals surface area contributed by atoms with Gasteiger partial charge in [0.15, 0.2) is 0 Å². The molecule has 0 fully saturated rings. The van der Waals surface area contributed by atoms with Crippen LogP contribution in [0.15, 0.2) is 59.6 Å². The highest BCUT2D eigenvalue weighted by atomic mass is 15.1. The fourth-order valence-corrected chi connectivity index (χ4v) is 3.08. The summed E-state index contributed by atoms with van der Waals surface area (Å²) < 4.78 is 0. The smallest absolute Gasteiger partial charge is 0.143 e. The van der Waals surface area contributed by atoms with E-state index < -0.39 is 0 Å². The normalized spacial score (nSPS) is 12.7. The van der Waals surface area contributed by atoms with E-state index >= 15 is 0 Å². The molecular weight excluding hydrogens is 326 g/mol. The van der Waals surface area contributed by atoms with Gasteiger partial charge in [-0.15, -0.1) is 0 Å². The van der Waals surface area contributed by atoms with Crippen LogP contribution in [0, 0.1) is 0 Å². The quantitative estimate of drug-likeness (QED) is 0.424. The lowest BCUT2D eigenvalue weighted by molar-refractivity contribution is 1.27. The maximum atomic E-state index is 6.23. The second kappa shape index (κ2) is 5.32. The minimum atomic E-state index is 0.363. The van der Waals surface area contributed by atoms with E-state index in [4.69, 9.17) is 11.5 Å². The Hall–Kier alpha value is -3.87. The molecule has 6 N–H and O–H groups in total. The summed E-state index contributed by atoms with van der Waals surface area (Å²) in [7, 11) is 0. The number of pyridine rings is 1. The van der Waals surface area contributed by atoms with Gasteiger partial charge < -0.3 is 21.8 Å². The van der Waals surface area contributed by atoms with Gasteiger partial charge in [0.2, 0.25) is 0 Å². The van der Waals surface area contributed by atoms with Crippen LogP contribution in [0.4, 0.5) is 23.0 Å². The molecule has 1 aliphatic rings. The van der Waals surface area contributed by atoms with Gasteiger partial charge in [-0.25, -0.2) is 15.0 Å². The van der Waals surface area contributed by atoms with E-state index in [1.807, 2.05) is 54.6 Å². The summed E-state index contributed by atoms with van der Waals surface area (Å²) in [5, 5.41) is 3.26. The SMILES string of the molecule is NC1=Nc2ccccc2Nc2nc(N)c(-c3nc4ccccc4[nH]3)cc21. The Morgan fingerprint density at radius 3 is 2.54 bits per heavy atom. The molecular formula is C19H15N7. The van der Waals surface area contributed by atoms with Crippen molar-refractivity contribution in [1.29, 1.82) is 0 Å². The van der Waals surface area contributed by atoms with Crippen molar-refractivity contribution in [2.45, 2.75) is 0 Å². The lowest BCUT2D eigenvalue weighted by Gasteiger charge is -2.11. The fraction of sp³-hybridized carbons (Fsp3) is 0. The van der Waals surface area contributed by atoms with Gasteiger partial charge in [0.1, 0.15) is 23.3 Å². The number of nitrogens with two attached hydrogens (primary N) is 2. The second-order valence-electron chi connectivity index (χ2n) is 6.06. The minimum absolute atomic E-state index is 0.363. The van der Waals surface area contributed by atoms with Crippen LogP contribution in [0.1, 0.15) is 5.56 Å². The number of rotatable bonds is 1. The molecule has 0 saturated heterocycles. The second-order valence-corrected chi connectivity index (χ2v) is 6.06. The highest BCUT2D eigenvalue weighted by molar-refractivity contribution is 6.07. The number of nitrogens with one attached hydrogen (secondary N) is 2. The number of H-pyrrole nitrogens is 1. The molecule has 0 atom stereocenters. The Labute approximate surface area is 148 Å². The zero-order chi connectivity index (χ0) is 17.7. The molecule has 5 rings (SSSR count). The topological polar surface area (TPSA) is 118 Å². The number of para-hydroxylation sites is 4. The Balaban J connectivity index is 1.70. The maximum absolute atomic E-state index is 6.23. The molecule has 0 amide bonds. The lowest BCUT2D eigenvalue weighted by Crippen LogP contribution is -2.15. The fourth-order valence-electron chi connectivity index (χ4n) is 3.08. The van der Waals surface area contributed by atoms with Crippen LogP contribution >= 0.6 is 0 Å². The number of nitrogen functional groups attached to an aromatic ring is 1. The number of hydrogen-bond acceptors (Lipinski definition) is 6. The van der Waals surface area contributed by atoms with Gasteiger partial charge in [0.25, 0.3) is 0 Å². The average molecular weight is 341 g/mol. The van der Waals surface area contributed by atoms with E-state index in [-0.39, 0.29) is 0 Å².